The zero-order valence-electron chi connectivity index (χ0n) is 10.6. The van der Waals surface area contributed by atoms with Crippen LogP contribution in [0.3, 0.4) is 0 Å². The van der Waals surface area contributed by atoms with Gasteiger partial charge < -0.3 is 4.90 Å². The predicted octanol–water partition coefficient (Wildman–Crippen LogP) is 4.24. The lowest BCUT2D eigenvalue weighted by molar-refractivity contribution is 0.112. The average molecular weight is 272 g/mol. The summed E-state index contributed by atoms with van der Waals surface area (Å²) in [6, 6.07) is 14.4. The molecule has 1 aliphatic rings. The van der Waals surface area contributed by atoms with Crippen molar-refractivity contribution in [3.05, 3.63) is 58.6 Å². The van der Waals surface area contributed by atoms with Gasteiger partial charge in [0.15, 0.2) is 6.29 Å². The zero-order chi connectivity index (χ0) is 13.4. The molecule has 0 bridgehead atoms. The van der Waals surface area contributed by atoms with Gasteiger partial charge in [-0.05, 0) is 43.2 Å². The van der Waals surface area contributed by atoms with E-state index >= 15 is 0 Å². The summed E-state index contributed by atoms with van der Waals surface area (Å²) >= 11 is 6.12. The maximum absolute atomic E-state index is 10.8. The molecule has 3 heteroatoms. The van der Waals surface area contributed by atoms with Crippen molar-refractivity contribution >= 4 is 29.3 Å². The number of anilines is 2. The summed E-state index contributed by atoms with van der Waals surface area (Å²) in [4.78, 5) is 13.1. The Labute approximate surface area is 117 Å². The molecular weight excluding hydrogens is 258 g/mol. The number of hydrogen-bond donors (Lipinski definition) is 0. The fourth-order valence-electron chi connectivity index (χ4n) is 2.72. The summed E-state index contributed by atoms with van der Waals surface area (Å²) in [7, 11) is 0. The molecule has 2 nitrogen and oxygen atoms in total. The number of carbonyl (C=O) groups is 1. The van der Waals surface area contributed by atoms with Crippen molar-refractivity contribution in [3.63, 3.8) is 0 Å². The third-order valence-electron chi connectivity index (χ3n) is 3.60. The Morgan fingerprint density at radius 2 is 2.05 bits per heavy atom. The van der Waals surface area contributed by atoms with Gasteiger partial charge in [-0.2, -0.15) is 0 Å². The molecule has 0 fully saturated rings. The normalized spacial score (nSPS) is 17.4. The first-order valence-corrected chi connectivity index (χ1v) is 6.70. The number of halogens is 1. The molecular formula is C16H14ClNO. The SMILES string of the molecule is CC1Cc2ccccc2N1c1ccc(C=O)c(Cl)c1. The zero-order valence-corrected chi connectivity index (χ0v) is 11.4. The number of nitrogens with zero attached hydrogens (tertiary/aromatic N) is 1. The van der Waals surface area contributed by atoms with E-state index in [-0.39, 0.29) is 0 Å². The van der Waals surface area contributed by atoms with Crippen LogP contribution in [0.2, 0.25) is 5.02 Å². The Morgan fingerprint density at radius 3 is 2.79 bits per heavy atom. The van der Waals surface area contributed by atoms with Gasteiger partial charge in [-0.25, -0.2) is 0 Å². The van der Waals surface area contributed by atoms with Crippen molar-refractivity contribution < 1.29 is 4.79 Å². The molecule has 0 saturated heterocycles. The minimum absolute atomic E-state index is 0.399. The third-order valence-corrected chi connectivity index (χ3v) is 3.92. The number of para-hydroxylation sites is 1. The van der Waals surface area contributed by atoms with Gasteiger partial charge in [0.25, 0.3) is 0 Å². The smallest absolute Gasteiger partial charge is 0.151 e. The van der Waals surface area contributed by atoms with Crippen molar-refractivity contribution in [2.45, 2.75) is 19.4 Å². The first-order valence-electron chi connectivity index (χ1n) is 6.32. The lowest BCUT2D eigenvalue weighted by Crippen LogP contribution is -2.23. The fourth-order valence-corrected chi connectivity index (χ4v) is 2.94. The molecule has 0 aromatic heterocycles. The number of carbonyl (C=O) groups excluding carboxylic acids is 1. The fraction of sp³-hybridized carbons (Fsp3) is 0.188. The molecule has 0 aliphatic carbocycles. The van der Waals surface area contributed by atoms with Gasteiger partial charge in [-0.15, -0.1) is 0 Å². The Balaban J connectivity index is 2.07. The Hall–Kier alpha value is -1.80. The number of benzene rings is 2. The molecule has 19 heavy (non-hydrogen) atoms. The van der Waals surface area contributed by atoms with E-state index < -0.39 is 0 Å². The molecule has 0 saturated carbocycles. The number of fused-ring (bicyclic) bond motifs is 1. The van der Waals surface area contributed by atoms with Crippen molar-refractivity contribution in [2.75, 3.05) is 4.90 Å². The van der Waals surface area contributed by atoms with Crippen LogP contribution in [0.5, 0.6) is 0 Å². The monoisotopic (exact) mass is 271 g/mol. The van der Waals surface area contributed by atoms with Crippen LogP contribution in [0, 0.1) is 0 Å². The molecule has 0 N–H and O–H groups in total. The summed E-state index contributed by atoms with van der Waals surface area (Å²) < 4.78 is 0. The number of hydrogen-bond acceptors (Lipinski definition) is 2. The number of rotatable bonds is 2. The molecule has 2 aromatic carbocycles. The topological polar surface area (TPSA) is 20.3 Å². The van der Waals surface area contributed by atoms with Gasteiger partial charge >= 0.3 is 0 Å². The summed E-state index contributed by atoms with van der Waals surface area (Å²) in [5, 5.41) is 0.504. The van der Waals surface area contributed by atoms with E-state index in [4.69, 9.17) is 11.6 Å². The Morgan fingerprint density at radius 1 is 1.26 bits per heavy atom. The molecule has 2 aromatic rings. The highest BCUT2D eigenvalue weighted by atomic mass is 35.5. The largest absolute Gasteiger partial charge is 0.338 e. The van der Waals surface area contributed by atoms with Crippen molar-refractivity contribution in [2.24, 2.45) is 0 Å². The summed E-state index contributed by atoms with van der Waals surface area (Å²) in [6.07, 6.45) is 1.82. The molecule has 1 aliphatic heterocycles. The van der Waals surface area contributed by atoms with Gasteiger partial charge in [0, 0.05) is 23.0 Å². The minimum Gasteiger partial charge on any atom is -0.338 e. The predicted molar refractivity (Wildman–Crippen MR) is 78.6 cm³/mol. The summed E-state index contributed by atoms with van der Waals surface area (Å²) in [5.41, 5.74) is 4.15. The maximum atomic E-state index is 10.8. The second-order valence-corrected chi connectivity index (χ2v) is 5.28. The average Bonchev–Trinajstić information content (AvgIpc) is 2.74. The van der Waals surface area contributed by atoms with Crippen molar-refractivity contribution in [1.82, 2.24) is 0 Å². The molecule has 1 unspecified atom stereocenters. The van der Waals surface area contributed by atoms with E-state index in [9.17, 15) is 4.79 Å². The van der Waals surface area contributed by atoms with Crippen LogP contribution in [0.1, 0.15) is 22.8 Å². The van der Waals surface area contributed by atoms with E-state index in [1.165, 1.54) is 11.3 Å². The van der Waals surface area contributed by atoms with E-state index in [2.05, 4.69) is 30.0 Å². The van der Waals surface area contributed by atoms with Crippen LogP contribution < -0.4 is 4.90 Å². The van der Waals surface area contributed by atoms with Gasteiger partial charge in [0.05, 0.1) is 5.02 Å². The third kappa shape index (κ3) is 2.02. The molecule has 1 heterocycles. The highest BCUT2D eigenvalue weighted by molar-refractivity contribution is 6.33. The van der Waals surface area contributed by atoms with E-state index in [1.807, 2.05) is 18.2 Å². The molecule has 0 radical (unpaired) electrons. The quantitative estimate of drug-likeness (QED) is 0.762. The molecule has 1 atom stereocenters. The van der Waals surface area contributed by atoms with E-state index in [0.717, 1.165) is 18.4 Å². The van der Waals surface area contributed by atoms with Gasteiger partial charge in [-0.1, -0.05) is 29.8 Å². The lowest BCUT2D eigenvalue weighted by atomic mass is 10.1. The van der Waals surface area contributed by atoms with Crippen molar-refractivity contribution in [3.8, 4) is 0 Å². The Bertz CT molecular complexity index is 638. The second-order valence-electron chi connectivity index (χ2n) is 4.88. The van der Waals surface area contributed by atoms with E-state index in [0.29, 0.717) is 16.6 Å². The van der Waals surface area contributed by atoms with Gasteiger partial charge in [-0.3, -0.25) is 4.79 Å². The van der Waals surface area contributed by atoms with Gasteiger partial charge in [0.2, 0.25) is 0 Å². The van der Waals surface area contributed by atoms with Crippen LogP contribution in [0.25, 0.3) is 0 Å². The first kappa shape index (κ1) is 12.2. The highest BCUT2D eigenvalue weighted by Gasteiger charge is 2.26. The minimum atomic E-state index is 0.399. The molecule has 3 rings (SSSR count). The summed E-state index contributed by atoms with van der Waals surface area (Å²) in [6.45, 7) is 2.20. The lowest BCUT2D eigenvalue weighted by Gasteiger charge is -2.25. The van der Waals surface area contributed by atoms with Crippen LogP contribution in [-0.2, 0) is 6.42 Å². The summed E-state index contributed by atoms with van der Waals surface area (Å²) in [5.74, 6) is 0. The molecule has 0 amide bonds. The first-order chi connectivity index (χ1) is 9.20. The van der Waals surface area contributed by atoms with Crippen LogP contribution >= 0.6 is 11.6 Å². The standard InChI is InChI=1S/C16H14ClNO/c1-11-8-12-4-2-3-5-16(12)18(11)14-7-6-13(10-19)15(17)9-14/h2-7,9-11H,8H2,1H3. The number of aldehydes is 1. The Kier molecular flexibility index (Phi) is 3.03. The maximum Gasteiger partial charge on any atom is 0.151 e. The molecule has 96 valence electrons. The van der Waals surface area contributed by atoms with Crippen LogP contribution in [-0.4, -0.2) is 12.3 Å². The van der Waals surface area contributed by atoms with Crippen molar-refractivity contribution in [1.29, 1.82) is 0 Å². The molecule has 0 spiro atoms. The van der Waals surface area contributed by atoms with Crippen LogP contribution in [0.15, 0.2) is 42.5 Å². The second kappa shape index (κ2) is 4.71. The van der Waals surface area contributed by atoms with Gasteiger partial charge in [0.1, 0.15) is 0 Å². The van der Waals surface area contributed by atoms with E-state index in [1.54, 1.807) is 6.07 Å². The highest BCUT2D eigenvalue weighted by Crippen LogP contribution is 2.39. The van der Waals surface area contributed by atoms with Crippen LogP contribution in [0.4, 0.5) is 11.4 Å².